The number of hydrogen-bond donors (Lipinski definition) is 1. The predicted octanol–water partition coefficient (Wildman–Crippen LogP) is 3.39. The Hall–Kier alpha value is -1.49. The molecule has 1 heterocycles. The van der Waals surface area contributed by atoms with E-state index < -0.39 is 11.7 Å². The molecule has 0 radical (unpaired) electrons. The zero-order valence-corrected chi connectivity index (χ0v) is 12.2. The molecule has 19 heavy (non-hydrogen) atoms. The molecular weight excluding hydrogens is 260 g/mol. The molecule has 0 bridgehead atoms. The summed E-state index contributed by atoms with van der Waals surface area (Å²) in [6.07, 6.45) is 1.36. The standard InChI is InChI=1S/C14H18N2O2S/c1-14(2,3)18-13(17)16-10-8-15-11-6-4-5-7-12(11)19-9-10/h4-8,10H,9H2,1-3H3,(H,16,17). The lowest BCUT2D eigenvalue weighted by Crippen LogP contribution is -2.41. The number of aliphatic imine (C=N–C) groups is 1. The Kier molecular flexibility index (Phi) is 4.14. The molecule has 102 valence electrons. The Morgan fingerprint density at radius 2 is 2.16 bits per heavy atom. The molecule has 2 rings (SSSR count). The van der Waals surface area contributed by atoms with Crippen molar-refractivity contribution in [3.05, 3.63) is 24.3 Å². The Balaban J connectivity index is 1.97. The van der Waals surface area contributed by atoms with E-state index in [-0.39, 0.29) is 6.04 Å². The van der Waals surface area contributed by atoms with Crippen molar-refractivity contribution in [2.75, 3.05) is 5.75 Å². The normalized spacial score (nSPS) is 18.4. The number of thioether (sulfide) groups is 1. The number of hydrogen-bond acceptors (Lipinski definition) is 4. The largest absolute Gasteiger partial charge is 0.444 e. The van der Waals surface area contributed by atoms with Gasteiger partial charge in [-0.05, 0) is 32.9 Å². The van der Waals surface area contributed by atoms with Crippen LogP contribution in [0.3, 0.4) is 0 Å². The second-order valence-corrected chi connectivity index (χ2v) is 6.37. The summed E-state index contributed by atoms with van der Waals surface area (Å²) in [4.78, 5) is 17.2. The summed E-state index contributed by atoms with van der Waals surface area (Å²) in [5, 5.41) is 2.82. The van der Waals surface area contributed by atoms with Gasteiger partial charge in [-0.2, -0.15) is 0 Å². The molecule has 1 aromatic rings. The lowest BCUT2D eigenvalue weighted by Gasteiger charge is -2.21. The van der Waals surface area contributed by atoms with Crippen molar-refractivity contribution in [1.29, 1.82) is 0 Å². The third kappa shape index (κ3) is 4.28. The topological polar surface area (TPSA) is 50.7 Å². The number of para-hydroxylation sites is 1. The molecule has 1 amide bonds. The van der Waals surface area contributed by atoms with E-state index in [9.17, 15) is 4.79 Å². The van der Waals surface area contributed by atoms with Gasteiger partial charge in [0.1, 0.15) is 5.60 Å². The van der Waals surface area contributed by atoms with Crippen molar-refractivity contribution in [1.82, 2.24) is 5.32 Å². The maximum Gasteiger partial charge on any atom is 0.408 e. The van der Waals surface area contributed by atoms with Gasteiger partial charge in [-0.1, -0.05) is 12.1 Å². The molecule has 0 aromatic heterocycles. The third-order valence-corrected chi connectivity index (χ3v) is 3.56. The van der Waals surface area contributed by atoms with Crippen LogP contribution in [-0.4, -0.2) is 29.7 Å². The number of nitrogens with zero attached hydrogens (tertiary/aromatic N) is 1. The number of rotatable bonds is 1. The first-order valence-corrected chi connectivity index (χ1v) is 7.18. The third-order valence-electron chi connectivity index (χ3n) is 2.38. The van der Waals surface area contributed by atoms with Crippen molar-refractivity contribution < 1.29 is 9.53 Å². The van der Waals surface area contributed by atoms with Crippen LogP contribution in [0.5, 0.6) is 0 Å². The lowest BCUT2D eigenvalue weighted by atomic mass is 10.2. The van der Waals surface area contributed by atoms with Gasteiger partial charge in [-0.3, -0.25) is 4.99 Å². The highest BCUT2D eigenvalue weighted by molar-refractivity contribution is 7.99. The zero-order chi connectivity index (χ0) is 13.9. The molecule has 1 atom stereocenters. The number of ether oxygens (including phenoxy) is 1. The molecule has 0 aliphatic carbocycles. The van der Waals surface area contributed by atoms with Crippen LogP contribution in [0.4, 0.5) is 10.5 Å². The number of benzene rings is 1. The minimum absolute atomic E-state index is 0.118. The first kappa shape index (κ1) is 13.9. The summed E-state index contributed by atoms with van der Waals surface area (Å²) in [6.45, 7) is 5.54. The fraction of sp³-hybridized carbons (Fsp3) is 0.429. The first-order chi connectivity index (χ1) is 8.94. The number of carbonyl (C=O) groups excluding carboxylic acids is 1. The van der Waals surface area contributed by atoms with Crippen molar-refractivity contribution >= 4 is 29.8 Å². The predicted molar refractivity (Wildman–Crippen MR) is 78.5 cm³/mol. The smallest absolute Gasteiger partial charge is 0.408 e. The van der Waals surface area contributed by atoms with E-state index in [1.165, 1.54) is 0 Å². The molecule has 1 N–H and O–H groups in total. The number of amides is 1. The van der Waals surface area contributed by atoms with E-state index in [0.717, 1.165) is 16.3 Å². The van der Waals surface area contributed by atoms with E-state index in [1.54, 1.807) is 18.0 Å². The van der Waals surface area contributed by atoms with Crippen LogP contribution in [-0.2, 0) is 4.74 Å². The molecule has 0 saturated heterocycles. The summed E-state index contributed by atoms with van der Waals surface area (Å²) in [5.41, 5.74) is 0.461. The van der Waals surface area contributed by atoms with Crippen LogP contribution in [0, 0.1) is 0 Å². The minimum atomic E-state index is -0.484. The molecule has 1 aromatic carbocycles. The Bertz CT molecular complexity index is 494. The summed E-state index contributed by atoms with van der Waals surface area (Å²) in [6, 6.07) is 7.83. The van der Waals surface area contributed by atoms with Crippen LogP contribution in [0.15, 0.2) is 34.2 Å². The van der Waals surface area contributed by atoms with Gasteiger partial charge < -0.3 is 10.1 Å². The van der Waals surface area contributed by atoms with Crippen molar-refractivity contribution in [2.45, 2.75) is 37.3 Å². The highest BCUT2D eigenvalue weighted by Crippen LogP contribution is 2.31. The van der Waals surface area contributed by atoms with Gasteiger partial charge in [0.05, 0.1) is 11.7 Å². The molecule has 1 aliphatic heterocycles. The van der Waals surface area contributed by atoms with Crippen LogP contribution in [0.25, 0.3) is 0 Å². The zero-order valence-electron chi connectivity index (χ0n) is 11.3. The fourth-order valence-corrected chi connectivity index (χ4v) is 2.59. The quantitative estimate of drug-likeness (QED) is 0.856. The van der Waals surface area contributed by atoms with E-state index in [0.29, 0.717) is 0 Å². The Labute approximate surface area is 117 Å². The maximum absolute atomic E-state index is 11.7. The highest BCUT2D eigenvalue weighted by Gasteiger charge is 2.20. The average molecular weight is 278 g/mol. The highest BCUT2D eigenvalue weighted by atomic mass is 32.2. The van der Waals surface area contributed by atoms with Gasteiger partial charge in [0.2, 0.25) is 0 Å². The first-order valence-electron chi connectivity index (χ1n) is 6.19. The van der Waals surface area contributed by atoms with Gasteiger partial charge in [-0.25, -0.2) is 4.79 Å². The molecule has 1 unspecified atom stereocenters. The lowest BCUT2D eigenvalue weighted by molar-refractivity contribution is 0.0523. The number of nitrogens with one attached hydrogen (secondary N) is 1. The van der Waals surface area contributed by atoms with E-state index in [2.05, 4.69) is 10.3 Å². The molecule has 1 aliphatic rings. The number of alkyl carbamates (subject to hydrolysis) is 1. The summed E-state index contributed by atoms with van der Waals surface area (Å²) in [7, 11) is 0. The van der Waals surface area contributed by atoms with Gasteiger partial charge in [0.25, 0.3) is 0 Å². The van der Waals surface area contributed by atoms with Gasteiger partial charge in [0, 0.05) is 16.9 Å². The molecular formula is C14H18N2O2S. The van der Waals surface area contributed by atoms with Crippen LogP contribution < -0.4 is 5.32 Å². The second-order valence-electron chi connectivity index (χ2n) is 5.31. The van der Waals surface area contributed by atoms with Gasteiger partial charge >= 0.3 is 6.09 Å². The molecule has 5 heteroatoms. The van der Waals surface area contributed by atoms with Crippen molar-refractivity contribution in [3.63, 3.8) is 0 Å². The van der Waals surface area contributed by atoms with Gasteiger partial charge in [0.15, 0.2) is 0 Å². The van der Waals surface area contributed by atoms with E-state index >= 15 is 0 Å². The second kappa shape index (κ2) is 5.65. The Morgan fingerprint density at radius 3 is 2.89 bits per heavy atom. The number of fused-ring (bicyclic) bond motifs is 1. The van der Waals surface area contributed by atoms with Crippen LogP contribution in [0.1, 0.15) is 20.8 Å². The van der Waals surface area contributed by atoms with Crippen LogP contribution in [0.2, 0.25) is 0 Å². The molecule has 4 nitrogen and oxygen atoms in total. The summed E-state index contributed by atoms with van der Waals surface area (Å²) < 4.78 is 5.24. The van der Waals surface area contributed by atoms with Crippen LogP contribution >= 0.6 is 11.8 Å². The molecule has 0 spiro atoms. The van der Waals surface area contributed by atoms with E-state index in [1.807, 2.05) is 45.0 Å². The summed E-state index contributed by atoms with van der Waals surface area (Å²) >= 11 is 1.68. The monoisotopic (exact) mass is 278 g/mol. The Morgan fingerprint density at radius 1 is 1.42 bits per heavy atom. The molecule has 0 saturated carbocycles. The SMILES string of the molecule is CC(C)(C)OC(=O)NC1C=Nc2ccccc2SC1. The fourth-order valence-electron chi connectivity index (χ4n) is 1.62. The average Bonchev–Trinajstić information content (AvgIpc) is 2.50. The maximum atomic E-state index is 11.7. The van der Waals surface area contributed by atoms with Crippen molar-refractivity contribution in [2.24, 2.45) is 4.99 Å². The summed E-state index contributed by atoms with van der Waals surface area (Å²) in [5.74, 6) is 0.750. The molecule has 0 fully saturated rings. The van der Waals surface area contributed by atoms with Crippen molar-refractivity contribution in [3.8, 4) is 0 Å². The minimum Gasteiger partial charge on any atom is -0.444 e. The number of carbonyl (C=O) groups is 1. The van der Waals surface area contributed by atoms with Gasteiger partial charge in [-0.15, -0.1) is 11.8 Å². The van der Waals surface area contributed by atoms with E-state index in [4.69, 9.17) is 4.74 Å².